The second-order valence-electron chi connectivity index (χ2n) is 5.97. The van der Waals surface area contributed by atoms with Crippen molar-refractivity contribution in [2.24, 2.45) is 0 Å². The summed E-state index contributed by atoms with van der Waals surface area (Å²) in [5.74, 6) is 0. The number of nitrogens with zero attached hydrogens (tertiary/aromatic N) is 2. The average Bonchev–Trinajstić information content (AvgIpc) is 2.91. The summed E-state index contributed by atoms with van der Waals surface area (Å²) < 4.78 is 36.8. The number of aromatic nitrogens is 1. The van der Waals surface area contributed by atoms with Gasteiger partial charge in [-0.2, -0.15) is 4.31 Å². The molecule has 2 aliphatic heterocycles. The minimum absolute atomic E-state index is 0.00597. The number of pyridine rings is 1. The quantitative estimate of drug-likeness (QED) is 0.813. The fraction of sp³-hybridized carbons (Fsp3) is 0.667. The van der Waals surface area contributed by atoms with Crippen LogP contribution >= 0.6 is 0 Å². The van der Waals surface area contributed by atoms with Gasteiger partial charge >= 0.3 is 0 Å². The van der Waals surface area contributed by atoms with Crippen LogP contribution in [-0.4, -0.2) is 55.4 Å². The van der Waals surface area contributed by atoms with E-state index >= 15 is 0 Å². The van der Waals surface area contributed by atoms with Gasteiger partial charge < -0.3 is 9.47 Å². The van der Waals surface area contributed by atoms with Gasteiger partial charge in [-0.3, -0.25) is 4.98 Å². The first-order valence-electron chi connectivity index (χ1n) is 7.63. The molecule has 0 unspecified atom stereocenters. The lowest BCUT2D eigenvalue weighted by atomic mass is 10.0. The van der Waals surface area contributed by atoms with Gasteiger partial charge in [-0.15, -0.1) is 0 Å². The van der Waals surface area contributed by atoms with Crippen molar-refractivity contribution < 1.29 is 17.9 Å². The van der Waals surface area contributed by atoms with Crippen molar-refractivity contribution in [3.05, 3.63) is 30.1 Å². The highest BCUT2D eigenvalue weighted by atomic mass is 32.2. The van der Waals surface area contributed by atoms with Gasteiger partial charge in [0.1, 0.15) is 0 Å². The summed E-state index contributed by atoms with van der Waals surface area (Å²) in [6.07, 6.45) is 7.31. The molecule has 3 heterocycles. The van der Waals surface area contributed by atoms with E-state index in [2.05, 4.69) is 4.98 Å². The highest BCUT2D eigenvalue weighted by Gasteiger charge is 2.43. The Bertz CT molecular complexity index is 593. The number of rotatable bonds is 5. The van der Waals surface area contributed by atoms with Crippen molar-refractivity contribution in [1.29, 1.82) is 0 Å². The molecule has 0 N–H and O–H groups in total. The third kappa shape index (κ3) is 3.65. The van der Waals surface area contributed by atoms with Crippen molar-refractivity contribution in [1.82, 2.24) is 9.29 Å². The van der Waals surface area contributed by atoms with Gasteiger partial charge in [-0.1, -0.05) is 0 Å². The number of sulfonamides is 1. The van der Waals surface area contributed by atoms with Crippen LogP contribution in [0.25, 0.3) is 0 Å². The van der Waals surface area contributed by atoms with Crippen LogP contribution in [-0.2, 0) is 26.1 Å². The van der Waals surface area contributed by atoms with Crippen LogP contribution in [0.1, 0.15) is 24.8 Å². The van der Waals surface area contributed by atoms with Crippen molar-refractivity contribution >= 4 is 10.0 Å². The van der Waals surface area contributed by atoms with Crippen LogP contribution < -0.4 is 0 Å². The second kappa shape index (κ2) is 6.62. The van der Waals surface area contributed by atoms with E-state index in [0.29, 0.717) is 19.8 Å². The van der Waals surface area contributed by atoms with Crippen molar-refractivity contribution in [3.8, 4) is 0 Å². The zero-order valence-electron chi connectivity index (χ0n) is 12.7. The number of hydrogen-bond donors (Lipinski definition) is 0. The Morgan fingerprint density at radius 1 is 1.32 bits per heavy atom. The van der Waals surface area contributed by atoms with Crippen LogP contribution in [0.5, 0.6) is 0 Å². The first-order valence-corrected chi connectivity index (χ1v) is 9.48. The molecule has 3 rings (SSSR count). The first kappa shape index (κ1) is 15.9. The van der Waals surface area contributed by atoms with Crippen molar-refractivity contribution in [2.45, 2.75) is 44.1 Å². The summed E-state index contributed by atoms with van der Waals surface area (Å²) in [5, 5.41) is 0. The zero-order valence-corrected chi connectivity index (χ0v) is 13.5. The van der Waals surface area contributed by atoms with Crippen molar-refractivity contribution in [2.75, 3.05) is 19.4 Å². The van der Waals surface area contributed by atoms with Gasteiger partial charge in [-0.25, -0.2) is 8.42 Å². The zero-order chi connectivity index (χ0) is 15.6. The molecular formula is C15H22N2O4S. The van der Waals surface area contributed by atoms with E-state index < -0.39 is 10.0 Å². The third-order valence-electron chi connectivity index (χ3n) is 4.33. The SMILES string of the molecule is CS(=O)(=O)N1CC[C@H]2O[C@@H](COCc3ccncc3)CC[C@H]21. The molecule has 1 aromatic rings. The third-order valence-corrected chi connectivity index (χ3v) is 5.64. The Balaban J connectivity index is 1.47. The molecule has 6 nitrogen and oxygen atoms in total. The molecule has 1 aromatic heterocycles. The Morgan fingerprint density at radius 3 is 2.82 bits per heavy atom. The number of fused-ring (bicyclic) bond motifs is 1. The van der Waals surface area contributed by atoms with Crippen LogP contribution in [0.3, 0.4) is 0 Å². The van der Waals surface area contributed by atoms with E-state index in [1.165, 1.54) is 6.26 Å². The second-order valence-corrected chi connectivity index (χ2v) is 7.91. The molecular weight excluding hydrogens is 304 g/mol. The molecule has 2 fully saturated rings. The van der Waals surface area contributed by atoms with Crippen LogP contribution in [0, 0.1) is 0 Å². The Morgan fingerprint density at radius 2 is 2.09 bits per heavy atom. The summed E-state index contributed by atoms with van der Waals surface area (Å²) in [6.45, 7) is 1.66. The van der Waals surface area contributed by atoms with Crippen LogP contribution in [0.4, 0.5) is 0 Å². The fourth-order valence-electron chi connectivity index (χ4n) is 3.28. The van der Waals surface area contributed by atoms with Gasteiger partial charge in [0.25, 0.3) is 0 Å². The molecule has 0 radical (unpaired) electrons. The lowest BCUT2D eigenvalue weighted by Gasteiger charge is -2.35. The van der Waals surface area contributed by atoms with Gasteiger partial charge in [0.2, 0.25) is 10.0 Å². The molecule has 0 saturated carbocycles. The Labute approximate surface area is 131 Å². The predicted octanol–water partition coefficient (Wildman–Crippen LogP) is 1.18. The Kier molecular flexibility index (Phi) is 4.77. The summed E-state index contributed by atoms with van der Waals surface area (Å²) in [6, 6.07) is 3.86. The van der Waals surface area contributed by atoms with E-state index in [9.17, 15) is 8.42 Å². The van der Waals surface area contributed by atoms with E-state index in [1.54, 1.807) is 16.7 Å². The molecule has 22 heavy (non-hydrogen) atoms. The molecule has 3 atom stereocenters. The van der Waals surface area contributed by atoms with E-state index in [1.807, 2.05) is 12.1 Å². The maximum absolute atomic E-state index is 11.7. The average molecular weight is 326 g/mol. The molecule has 2 saturated heterocycles. The lowest BCUT2D eigenvalue weighted by Crippen LogP contribution is -2.45. The molecule has 122 valence electrons. The van der Waals surface area contributed by atoms with E-state index in [0.717, 1.165) is 24.8 Å². The fourth-order valence-corrected chi connectivity index (χ4v) is 4.45. The standard InChI is InChI=1S/C15H22N2O4S/c1-22(18,19)17-9-6-15-14(17)3-2-13(21-15)11-20-10-12-4-7-16-8-5-12/h4-5,7-8,13-15H,2-3,6,9-11H2,1H3/t13-,14-,15-/m1/s1. The smallest absolute Gasteiger partial charge is 0.211 e. The monoisotopic (exact) mass is 326 g/mol. The molecule has 0 amide bonds. The molecule has 0 aromatic carbocycles. The van der Waals surface area contributed by atoms with Crippen molar-refractivity contribution in [3.63, 3.8) is 0 Å². The highest BCUT2D eigenvalue weighted by Crippen LogP contribution is 2.33. The predicted molar refractivity (Wildman–Crippen MR) is 81.7 cm³/mol. The number of ether oxygens (including phenoxy) is 2. The van der Waals surface area contributed by atoms with Gasteiger partial charge in [0, 0.05) is 18.9 Å². The maximum atomic E-state index is 11.7. The first-order chi connectivity index (χ1) is 10.5. The summed E-state index contributed by atoms with van der Waals surface area (Å²) in [4.78, 5) is 3.97. The maximum Gasteiger partial charge on any atom is 0.211 e. The van der Waals surface area contributed by atoms with Crippen LogP contribution in [0.2, 0.25) is 0 Å². The molecule has 0 spiro atoms. The lowest BCUT2D eigenvalue weighted by molar-refractivity contribution is -0.0961. The van der Waals surface area contributed by atoms with E-state index in [-0.39, 0.29) is 18.2 Å². The van der Waals surface area contributed by atoms with Gasteiger partial charge in [-0.05, 0) is 37.0 Å². The molecule has 0 bridgehead atoms. The normalized spacial score (nSPS) is 29.4. The minimum atomic E-state index is -3.13. The molecule has 0 aliphatic carbocycles. The summed E-state index contributed by atoms with van der Waals surface area (Å²) in [5.41, 5.74) is 1.09. The van der Waals surface area contributed by atoms with Gasteiger partial charge in [0.15, 0.2) is 0 Å². The molecule has 7 heteroatoms. The highest BCUT2D eigenvalue weighted by molar-refractivity contribution is 7.88. The molecule has 2 aliphatic rings. The van der Waals surface area contributed by atoms with E-state index in [4.69, 9.17) is 9.47 Å². The largest absolute Gasteiger partial charge is 0.374 e. The topological polar surface area (TPSA) is 68.7 Å². The van der Waals surface area contributed by atoms with Gasteiger partial charge in [0.05, 0.1) is 37.7 Å². The summed E-state index contributed by atoms with van der Waals surface area (Å²) in [7, 11) is -3.13. The minimum Gasteiger partial charge on any atom is -0.374 e. The Hall–Kier alpha value is -1.02. The number of hydrogen-bond acceptors (Lipinski definition) is 5. The van der Waals surface area contributed by atoms with Crippen LogP contribution in [0.15, 0.2) is 24.5 Å². The summed E-state index contributed by atoms with van der Waals surface area (Å²) >= 11 is 0.